The number of fused-ring (bicyclic) bond motifs is 1. The van der Waals surface area contributed by atoms with E-state index in [1.54, 1.807) is 0 Å². The molecule has 1 aromatic heterocycles. The van der Waals surface area contributed by atoms with Gasteiger partial charge in [0.15, 0.2) is 5.75 Å². The van der Waals surface area contributed by atoms with Crippen LogP contribution in [-0.4, -0.2) is 24.1 Å². The monoisotopic (exact) mass is 326 g/mol. The Kier molecular flexibility index (Phi) is 3.58. The van der Waals surface area contributed by atoms with E-state index in [0.29, 0.717) is 19.0 Å². The average Bonchev–Trinajstić information content (AvgIpc) is 2.47. The van der Waals surface area contributed by atoms with E-state index in [4.69, 9.17) is 26.8 Å². The number of benzene rings is 1. The molecule has 114 valence electrons. The summed E-state index contributed by atoms with van der Waals surface area (Å²) in [7, 11) is 0. The highest BCUT2D eigenvalue weighted by atomic mass is 35.5. The molecule has 2 aromatic rings. The largest absolute Gasteiger partial charge is 0.484 e. The predicted octanol–water partition coefficient (Wildman–Crippen LogP) is 2.55. The summed E-state index contributed by atoms with van der Waals surface area (Å²) in [4.78, 5) is 15.3. The summed E-state index contributed by atoms with van der Waals surface area (Å²) in [5.41, 5.74) is 4.00. The number of hydrogen-bond acceptors (Lipinski definition) is 4. The molecule has 2 N–H and O–H groups in total. The molecule has 1 amide bonds. The topological polar surface area (TPSA) is 74.4 Å². The van der Waals surface area contributed by atoms with E-state index in [9.17, 15) is 13.6 Å². The van der Waals surface area contributed by atoms with Crippen LogP contribution in [0.3, 0.4) is 0 Å². The number of pyridine rings is 1. The SMILES string of the molecule is NC(=O)c1c(F)ccc(-c2nc3c(cc2Cl)OCCO3)c1F. The van der Waals surface area contributed by atoms with Gasteiger partial charge in [0.05, 0.1) is 10.7 Å². The van der Waals surface area contributed by atoms with Crippen molar-refractivity contribution in [1.82, 2.24) is 4.98 Å². The summed E-state index contributed by atoms with van der Waals surface area (Å²) in [6, 6.07) is 3.47. The van der Waals surface area contributed by atoms with Crippen molar-refractivity contribution in [3.63, 3.8) is 0 Å². The third-order valence-corrected chi connectivity index (χ3v) is 3.37. The highest BCUT2D eigenvalue weighted by molar-refractivity contribution is 6.33. The summed E-state index contributed by atoms with van der Waals surface area (Å²) in [5.74, 6) is -2.92. The van der Waals surface area contributed by atoms with E-state index in [1.807, 2.05) is 0 Å². The molecular formula is C14H9ClF2N2O3. The lowest BCUT2D eigenvalue weighted by molar-refractivity contribution is 0.0992. The lowest BCUT2D eigenvalue weighted by Crippen LogP contribution is -2.17. The van der Waals surface area contributed by atoms with Crippen LogP contribution >= 0.6 is 11.6 Å². The van der Waals surface area contributed by atoms with Gasteiger partial charge in [0.25, 0.3) is 11.8 Å². The van der Waals surface area contributed by atoms with Crippen LogP contribution in [0.1, 0.15) is 10.4 Å². The number of amides is 1. The molecule has 0 saturated carbocycles. The van der Waals surface area contributed by atoms with Crippen LogP contribution in [0.5, 0.6) is 11.6 Å². The van der Waals surface area contributed by atoms with Gasteiger partial charge in [0, 0.05) is 11.6 Å². The van der Waals surface area contributed by atoms with Crippen molar-refractivity contribution in [2.45, 2.75) is 0 Å². The smallest absolute Gasteiger partial charge is 0.257 e. The summed E-state index contributed by atoms with van der Waals surface area (Å²) in [6.07, 6.45) is 0. The number of nitrogens with zero attached hydrogens (tertiary/aromatic N) is 1. The molecule has 0 saturated heterocycles. The van der Waals surface area contributed by atoms with Gasteiger partial charge in [-0.3, -0.25) is 4.79 Å². The van der Waals surface area contributed by atoms with Crippen LogP contribution in [0.2, 0.25) is 5.02 Å². The molecule has 1 aromatic carbocycles. The third kappa shape index (κ3) is 2.33. The minimum Gasteiger partial charge on any atom is -0.484 e. The Morgan fingerprint density at radius 2 is 2.00 bits per heavy atom. The van der Waals surface area contributed by atoms with Gasteiger partial charge in [-0.2, -0.15) is 0 Å². The summed E-state index contributed by atoms with van der Waals surface area (Å²) >= 11 is 6.06. The van der Waals surface area contributed by atoms with E-state index in [1.165, 1.54) is 6.07 Å². The van der Waals surface area contributed by atoms with Gasteiger partial charge in [-0.05, 0) is 12.1 Å². The Morgan fingerprint density at radius 3 is 2.73 bits per heavy atom. The second-order valence-corrected chi connectivity index (χ2v) is 4.87. The normalized spacial score (nSPS) is 13.0. The van der Waals surface area contributed by atoms with Crippen molar-refractivity contribution in [1.29, 1.82) is 0 Å². The molecule has 2 heterocycles. The molecular weight excluding hydrogens is 318 g/mol. The van der Waals surface area contributed by atoms with Crippen LogP contribution in [0.25, 0.3) is 11.3 Å². The standard InChI is InChI=1S/C14H9ClF2N2O3/c15-7-5-9-14(22-4-3-21-9)19-12(7)6-1-2-8(16)10(11(6)17)13(18)20/h1-2,5H,3-4H2,(H2,18,20). The number of nitrogens with two attached hydrogens (primary N) is 1. The molecule has 0 unspecified atom stereocenters. The van der Waals surface area contributed by atoms with Crippen molar-refractivity contribution in [3.8, 4) is 22.9 Å². The molecule has 0 fully saturated rings. The van der Waals surface area contributed by atoms with Crippen molar-refractivity contribution in [2.75, 3.05) is 13.2 Å². The van der Waals surface area contributed by atoms with E-state index < -0.39 is 23.1 Å². The third-order valence-electron chi connectivity index (χ3n) is 3.08. The van der Waals surface area contributed by atoms with E-state index >= 15 is 0 Å². The molecule has 0 atom stereocenters. The first-order chi connectivity index (χ1) is 10.5. The number of halogens is 3. The van der Waals surface area contributed by atoms with Gasteiger partial charge in [0.1, 0.15) is 30.4 Å². The fourth-order valence-corrected chi connectivity index (χ4v) is 2.35. The van der Waals surface area contributed by atoms with Crippen molar-refractivity contribution in [3.05, 3.63) is 40.4 Å². The molecule has 1 aliphatic heterocycles. The second-order valence-electron chi connectivity index (χ2n) is 4.47. The quantitative estimate of drug-likeness (QED) is 0.920. The van der Waals surface area contributed by atoms with Gasteiger partial charge in [-0.25, -0.2) is 13.8 Å². The fraction of sp³-hybridized carbons (Fsp3) is 0.143. The lowest BCUT2D eigenvalue weighted by atomic mass is 10.0. The van der Waals surface area contributed by atoms with Crippen LogP contribution < -0.4 is 15.2 Å². The fourth-order valence-electron chi connectivity index (χ4n) is 2.10. The van der Waals surface area contributed by atoms with Crippen LogP contribution in [0, 0.1) is 11.6 Å². The number of carbonyl (C=O) groups is 1. The molecule has 3 rings (SSSR count). The summed E-state index contributed by atoms with van der Waals surface area (Å²) in [6.45, 7) is 0.639. The maximum absolute atomic E-state index is 14.4. The molecule has 0 spiro atoms. The van der Waals surface area contributed by atoms with E-state index in [2.05, 4.69) is 4.98 Å². The average molecular weight is 327 g/mol. The van der Waals surface area contributed by atoms with Gasteiger partial charge >= 0.3 is 0 Å². The molecule has 0 radical (unpaired) electrons. The number of carbonyl (C=O) groups excluding carboxylic acids is 1. The van der Waals surface area contributed by atoms with Crippen LogP contribution in [0.15, 0.2) is 18.2 Å². The molecule has 0 bridgehead atoms. The first-order valence-electron chi connectivity index (χ1n) is 6.23. The molecule has 0 aliphatic carbocycles. The first-order valence-corrected chi connectivity index (χ1v) is 6.61. The number of ether oxygens (including phenoxy) is 2. The molecule has 1 aliphatic rings. The van der Waals surface area contributed by atoms with Crippen molar-refractivity contribution in [2.24, 2.45) is 5.73 Å². The molecule has 8 heteroatoms. The zero-order chi connectivity index (χ0) is 15.9. The van der Waals surface area contributed by atoms with Gasteiger partial charge in [-0.15, -0.1) is 0 Å². The van der Waals surface area contributed by atoms with Gasteiger partial charge in [0.2, 0.25) is 0 Å². The zero-order valence-corrected chi connectivity index (χ0v) is 11.8. The Morgan fingerprint density at radius 1 is 1.27 bits per heavy atom. The zero-order valence-electron chi connectivity index (χ0n) is 11.0. The van der Waals surface area contributed by atoms with Gasteiger partial charge < -0.3 is 15.2 Å². The van der Waals surface area contributed by atoms with E-state index in [-0.39, 0.29) is 22.2 Å². The number of rotatable bonds is 2. The number of aromatic nitrogens is 1. The Bertz CT molecular complexity index is 783. The molecule has 5 nitrogen and oxygen atoms in total. The summed E-state index contributed by atoms with van der Waals surface area (Å²) in [5, 5.41) is 0.0742. The minimum atomic E-state index is -1.22. The van der Waals surface area contributed by atoms with Crippen LogP contribution in [-0.2, 0) is 0 Å². The predicted molar refractivity (Wildman–Crippen MR) is 74.1 cm³/mol. The Labute approximate surface area is 128 Å². The molecule has 22 heavy (non-hydrogen) atoms. The first kappa shape index (κ1) is 14.5. The van der Waals surface area contributed by atoms with Crippen molar-refractivity contribution >= 4 is 17.5 Å². The minimum absolute atomic E-state index is 0.00548. The Hall–Kier alpha value is -2.41. The summed E-state index contributed by atoms with van der Waals surface area (Å²) < 4.78 is 38.5. The van der Waals surface area contributed by atoms with Gasteiger partial charge in [-0.1, -0.05) is 11.6 Å². The highest BCUT2D eigenvalue weighted by Crippen LogP contribution is 2.38. The maximum Gasteiger partial charge on any atom is 0.257 e. The second kappa shape index (κ2) is 5.42. The Balaban J connectivity index is 2.20. The van der Waals surface area contributed by atoms with E-state index in [0.717, 1.165) is 12.1 Å². The maximum atomic E-state index is 14.4. The number of primary amides is 1. The number of hydrogen-bond donors (Lipinski definition) is 1. The highest BCUT2D eigenvalue weighted by Gasteiger charge is 2.24. The lowest BCUT2D eigenvalue weighted by Gasteiger charge is -2.19. The van der Waals surface area contributed by atoms with Crippen molar-refractivity contribution < 1.29 is 23.0 Å². The van der Waals surface area contributed by atoms with Crippen LogP contribution in [0.4, 0.5) is 8.78 Å².